The van der Waals surface area contributed by atoms with Gasteiger partial charge in [-0.25, -0.2) is 0 Å². The molecule has 0 rings (SSSR count). The van der Waals surface area contributed by atoms with Gasteiger partial charge in [-0.05, 0) is 0 Å². The Morgan fingerprint density at radius 2 is 1.00 bits per heavy atom. The van der Waals surface area contributed by atoms with Gasteiger partial charge in [0.15, 0.2) is 17.4 Å². The van der Waals surface area contributed by atoms with E-state index < -0.39 is 0 Å². The first-order chi connectivity index (χ1) is 0. The fourth-order valence-corrected chi connectivity index (χ4v) is 0. The van der Waals surface area contributed by atoms with Gasteiger partial charge in [0.05, 0.1) is 0 Å². The number of rotatable bonds is 0. The van der Waals surface area contributed by atoms with Crippen LogP contribution in [0.2, 0.25) is 0 Å². The van der Waals surface area contributed by atoms with Crippen LogP contribution in [0, 0.1) is 0 Å². The van der Waals surface area contributed by atoms with Gasteiger partial charge in [0.2, 0.25) is 0 Å². The van der Waals surface area contributed by atoms with Crippen molar-refractivity contribution in [1.82, 2.24) is 0 Å². The van der Waals surface area contributed by atoms with E-state index in [2.05, 4.69) is 0 Å². The van der Waals surface area contributed by atoms with Gasteiger partial charge >= 0.3 is 0 Å². The zero-order valence-corrected chi connectivity index (χ0v) is 9.61. The van der Waals surface area contributed by atoms with E-state index in [4.69, 9.17) is 0 Å². The van der Waals surface area contributed by atoms with Crippen molar-refractivity contribution >= 4 is 17.4 Å². The molecular formula is H3AlCoCrNbTiV. The number of hydrogen-bond donors (Lipinski definition) is 0. The third kappa shape index (κ3) is 25.5. The molecule has 0 saturated carbocycles. The normalized spacial score (nSPS) is 0. The van der Waals surface area contributed by atoms with Crippen LogP contribution < -0.4 is 0 Å². The van der Waals surface area contributed by atoms with E-state index in [1.165, 1.54) is 0 Å². The first-order valence-corrected chi connectivity index (χ1v) is 0. The third-order valence-corrected chi connectivity index (χ3v) is 0. The molecule has 0 N–H and O–H groups in total. The van der Waals surface area contributed by atoms with Crippen molar-refractivity contribution in [2.45, 2.75) is 0 Å². The van der Waals surface area contributed by atoms with Gasteiger partial charge in [0.25, 0.3) is 0 Å². The second-order valence-electron chi connectivity index (χ2n) is 0. The van der Waals surface area contributed by atoms with Crippen molar-refractivity contribution in [1.29, 1.82) is 0 Å². The zero-order chi connectivity index (χ0) is 0. The molecule has 0 saturated heterocycles. The van der Waals surface area contributed by atoms with Crippen LogP contribution in [0.1, 0.15) is 0 Å². The summed E-state index contributed by atoms with van der Waals surface area (Å²) in [5.41, 5.74) is 0. The predicted octanol–water partition coefficient (Wildman–Crippen LogP) is -1.20. The minimum atomic E-state index is 0. The van der Waals surface area contributed by atoms with Crippen molar-refractivity contribution < 1.29 is 96.8 Å². The van der Waals surface area contributed by atoms with Gasteiger partial charge in [-0.2, -0.15) is 0 Å². The molecule has 0 aliphatic rings. The van der Waals surface area contributed by atoms with E-state index in [1.54, 1.807) is 0 Å². The summed E-state index contributed by atoms with van der Waals surface area (Å²) in [6.45, 7) is 0. The third-order valence-electron chi connectivity index (χ3n) is 0. The Labute approximate surface area is 112 Å². The minimum Gasteiger partial charge on any atom is 0 e. The van der Waals surface area contributed by atoms with E-state index in [0.717, 1.165) is 0 Å². The molecule has 0 unspecified atom stereocenters. The van der Waals surface area contributed by atoms with Crippen LogP contribution in [-0.2, 0) is 96.8 Å². The largest absolute Gasteiger partial charge is 0.187 e. The van der Waals surface area contributed by atoms with Gasteiger partial charge < -0.3 is 0 Å². The van der Waals surface area contributed by atoms with E-state index >= 15 is 0 Å². The van der Waals surface area contributed by atoms with Crippen LogP contribution in [0.3, 0.4) is 0 Å². The molecular weight excluding hydrogens is 330 g/mol. The Balaban J connectivity index is 0. The van der Waals surface area contributed by atoms with Crippen LogP contribution in [0.5, 0.6) is 0 Å². The summed E-state index contributed by atoms with van der Waals surface area (Å²) in [6, 6.07) is 0. The molecule has 0 spiro atoms. The molecule has 0 aromatic rings. The predicted molar refractivity (Wildman–Crippen MR) is 9.94 cm³/mol. The summed E-state index contributed by atoms with van der Waals surface area (Å²) < 4.78 is 0. The smallest absolute Gasteiger partial charge is 0 e. The molecule has 0 atom stereocenters. The summed E-state index contributed by atoms with van der Waals surface area (Å²) in [5.74, 6) is 0. The van der Waals surface area contributed by atoms with E-state index in [0.29, 0.717) is 0 Å². The zero-order valence-electron chi connectivity index (χ0n) is 2.14. The van der Waals surface area contributed by atoms with Gasteiger partial charge in [0, 0.05) is 96.8 Å². The molecule has 0 aromatic carbocycles. The van der Waals surface area contributed by atoms with Crippen molar-refractivity contribution in [2.24, 2.45) is 0 Å². The Hall–Kier alpha value is 3.61. The molecule has 35 valence electrons. The van der Waals surface area contributed by atoms with E-state index in [1.807, 2.05) is 0 Å². The average molecular weight is 333 g/mol. The van der Waals surface area contributed by atoms with Gasteiger partial charge in [0.1, 0.15) is 0 Å². The Bertz CT molecular complexity index is 15.5. The average Bonchev–Trinajstić information content (AvgIpc) is 0. The molecule has 0 amide bonds. The molecule has 0 nitrogen and oxygen atoms in total. The van der Waals surface area contributed by atoms with Crippen molar-refractivity contribution in [3.63, 3.8) is 0 Å². The quantitative estimate of drug-likeness (QED) is 0.489. The monoisotopic (exact) mass is 333 g/mol. The van der Waals surface area contributed by atoms with Crippen LogP contribution in [0.15, 0.2) is 0 Å². The fraction of sp³-hybridized carbons (Fsp3) is 0. The Kier molecular flexibility index (Phi) is 349. The first-order valence-electron chi connectivity index (χ1n) is 0. The summed E-state index contributed by atoms with van der Waals surface area (Å²) in [4.78, 5) is 0. The molecule has 0 fully saturated rings. The van der Waals surface area contributed by atoms with Crippen molar-refractivity contribution in [3.8, 4) is 0 Å². The molecule has 0 aliphatic heterocycles. The molecule has 6 heteroatoms. The van der Waals surface area contributed by atoms with E-state index in [-0.39, 0.29) is 114 Å². The summed E-state index contributed by atoms with van der Waals surface area (Å²) in [5, 5.41) is 0. The van der Waals surface area contributed by atoms with Gasteiger partial charge in [-0.15, -0.1) is 0 Å². The molecule has 0 heterocycles. The van der Waals surface area contributed by atoms with Crippen LogP contribution >= 0.6 is 0 Å². The summed E-state index contributed by atoms with van der Waals surface area (Å²) >= 11 is 0. The first kappa shape index (κ1) is 54.7. The molecule has 0 aromatic heterocycles. The summed E-state index contributed by atoms with van der Waals surface area (Å²) in [7, 11) is 0. The number of hydrogen-bond acceptors (Lipinski definition) is 0. The molecule has 6 heavy (non-hydrogen) atoms. The maximum atomic E-state index is 0. The van der Waals surface area contributed by atoms with Crippen LogP contribution in [0.4, 0.5) is 0 Å². The molecule has 0 aliphatic carbocycles. The van der Waals surface area contributed by atoms with Gasteiger partial charge in [-0.3, -0.25) is 0 Å². The van der Waals surface area contributed by atoms with Gasteiger partial charge in [-0.1, -0.05) is 0 Å². The fourth-order valence-electron chi connectivity index (χ4n) is 0. The Morgan fingerprint density at radius 1 is 1.00 bits per heavy atom. The Morgan fingerprint density at radius 3 is 1.00 bits per heavy atom. The standard InChI is InChI=1S/Al.Co.Cr.Nb.Ti.V.3H. The van der Waals surface area contributed by atoms with Crippen LogP contribution in [0.25, 0.3) is 0 Å². The van der Waals surface area contributed by atoms with Crippen LogP contribution in [-0.4, -0.2) is 17.4 Å². The summed E-state index contributed by atoms with van der Waals surface area (Å²) in [6.07, 6.45) is 0. The topological polar surface area (TPSA) is 0 Å². The van der Waals surface area contributed by atoms with E-state index in [9.17, 15) is 0 Å². The molecule has 3 radical (unpaired) electrons. The maximum Gasteiger partial charge on any atom is 0.187 e. The van der Waals surface area contributed by atoms with Crippen molar-refractivity contribution in [2.75, 3.05) is 0 Å². The minimum absolute atomic E-state index is 0. The van der Waals surface area contributed by atoms with Crippen molar-refractivity contribution in [3.05, 3.63) is 0 Å². The second kappa shape index (κ2) is 38.3. The molecule has 0 bridgehead atoms. The maximum absolute atomic E-state index is 0. The second-order valence-corrected chi connectivity index (χ2v) is 0. The SMILES string of the molecule is [AlH3].[Co].[Cr].[Nb].[Ti].[V].